The van der Waals surface area contributed by atoms with Crippen molar-refractivity contribution < 1.29 is 5.11 Å². The summed E-state index contributed by atoms with van der Waals surface area (Å²) in [4.78, 5) is 4.37. The fourth-order valence-corrected chi connectivity index (χ4v) is 5.55. The minimum atomic E-state index is -0.421. The van der Waals surface area contributed by atoms with Crippen molar-refractivity contribution in [1.82, 2.24) is 4.98 Å². The molecule has 106 valence electrons. The van der Waals surface area contributed by atoms with E-state index in [0.29, 0.717) is 10.5 Å². The van der Waals surface area contributed by atoms with Crippen molar-refractivity contribution in [2.45, 2.75) is 35.7 Å². The molecule has 0 spiro atoms. The maximum absolute atomic E-state index is 10.8. The summed E-state index contributed by atoms with van der Waals surface area (Å²) >= 11 is 3.88. The summed E-state index contributed by atoms with van der Waals surface area (Å²) in [5, 5.41) is 13.4. The summed E-state index contributed by atoms with van der Waals surface area (Å²) in [7, 11) is 0. The molecule has 3 rings (SSSR count). The van der Waals surface area contributed by atoms with E-state index in [2.05, 4.69) is 18.8 Å². The lowest BCUT2D eigenvalue weighted by Gasteiger charge is -2.34. The molecule has 4 unspecified atom stereocenters. The van der Waals surface area contributed by atoms with Gasteiger partial charge in [-0.25, -0.2) is 0 Å². The van der Waals surface area contributed by atoms with Gasteiger partial charge in [0.05, 0.1) is 11.6 Å². The monoisotopic (exact) mass is 305 g/mol. The Bertz CT molecular complexity index is 599. The predicted octanol–water partition coefficient (Wildman–Crippen LogP) is 3.89. The fourth-order valence-electron chi connectivity index (χ4n) is 2.56. The molecule has 1 aliphatic rings. The van der Waals surface area contributed by atoms with Crippen molar-refractivity contribution in [1.29, 1.82) is 0 Å². The molecule has 1 aromatic heterocycles. The van der Waals surface area contributed by atoms with Crippen molar-refractivity contribution in [3.05, 3.63) is 42.1 Å². The van der Waals surface area contributed by atoms with E-state index in [4.69, 9.17) is 0 Å². The van der Waals surface area contributed by atoms with Gasteiger partial charge < -0.3 is 5.11 Å². The van der Waals surface area contributed by atoms with Crippen LogP contribution in [0.15, 0.2) is 36.5 Å². The zero-order valence-electron chi connectivity index (χ0n) is 11.7. The Morgan fingerprint density at radius 2 is 2.05 bits per heavy atom. The van der Waals surface area contributed by atoms with Crippen LogP contribution in [0.3, 0.4) is 0 Å². The molecule has 2 aromatic rings. The van der Waals surface area contributed by atoms with Gasteiger partial charge in [0.25, 0.3) is 0 Å². The molecule has 0 amide bonds. The highest BCUT2D eigenvalue weighted by molar-refractivity contribution is 8.07. The van der Waals surface area contributed by atoms with Gasteiger partial charge in [0.1, 0.15) is 0 Å². The summed E-state index contributed by atoms with van der Waals surface area (Å²) in [6, 6.07) is 10.0. The average molecular weight is 305 g/mol. The Hall–Kier alpha value is -0.710. The maximum atomic E-state index is 10.8. The molecule has 0 aliphatic carbocycles. The number of nitrogens with zero attached hydrogens (tertiary/aromatic N) is 1. The van der Waals surface area contributed by atoms with Crippen LogP contribution in [0.25, 0.3) is 10.9 Å². The topological polar surface area (TPSA) is 33.1 Å². The van der Waals surface area contributed by atoms with Crippen LogP contribution >= 0.6 is 23.5 Å². The minimum Gasteiger partial charge on any atom is -0.387 e. The molecular weight excluding hydrogens is 286 g/mol. The summed E-state index contributed by atoms with van der Waals surface area (Å²) in [6.07, 6.45) is 1.38. The number of aromatic nitrogens is 1. The van der Waals surface area contributed by atoms with Gasteiger partial charge in [-0.1, -0.05) is 32.0 Å². The average Bonchev–Trinajstić information content (AvgIpc) is 2.49. The van der Waals surface area contributed by atoms with Crippen molar-refractivity contribution in [2.75, 3.05) is 5.75 Å². The zero-order chi connectivity index (χ0) is 14.1. The quantitative estimate of drug-likeness (QED) is 0.912. The second-order valence-corrected chi connectivity index (χ2v) is 8.31. The van der Waals surface area contributed by atoms with Crippen molar-refractivity contribution in [3.63, 3.8) is 0 Å². The number of thioether (sulfide) groups is 2. The van der Waals surface area contributed by atoms with Gasteiger partial charge in [-0.3, -0.25) is 4.98 Å². The lowest BCUT2D eigenvalue weighted by Crippen LogP contribution is -2.30. The molecule has 2 heterocycles. The molecular formula is C16H19NOS2. The first kappa shape index (κ1) is 14.2. The molecule has 1 fully saturated rings. The van der Waals surface area contributed by atoms with E-state index < -0.39 is 6.10 Å². The number of pyridine rings is 1. The Morgan fingerprint density at radius 3 is 2.85 bits per heavy atom. The van der Waals surface area contributed by atoms with Gasteiger partial charge in [0.15, 0.2) is 0 Å². The first-order valence-electron chi connectivity index (χ1n) is 6.95. The van der Waals surface area contributed by atoms with Gasteiger partial charge in [0, 0.05) is 33.1 Å². The van der Waals surface area contributed by atoms with Crippen molar-refractivity contribution in [2.24, 2.45) is 0 Å². The third-order valence-corrected chi connectivity index (χ3v) is 7.40. The summed E-state index contributed by atoms with van der Waals surface area (Å²) in [5.41, 5.74) is 1.97. The van der Waals surface area contributed by atoms with Crippen LogP contribution in [-0.4, -0.2) is 31.6 Å². The highest BCUT2D eigenvalue weighted by Crippen LogP contribution is 2.41. The molecule has 1 saturated heterocycles. The number of benzene rings is 1. The van der Waals surface area contributed by atoms with E-state index in [1.807, 2.05) is 53.9 Å². The van der Waals surface area contributed by atoms with E-state index in [9.17, 15) is 5.11 Å². The van der Waals surface area contributed by atoms with Crippen molar-refractivity contribution in [3.8, 4) is 0 Å². The van der Waals surface area contributed by atoms with Crippen LogP contribution in [0.5, 0.6) is 0 Å². The highest BCUT2D eigenvalue weighted by Gasteiger charge is 2.31. The SMILES string of the molecule is CC1SCC(C(O)c2cccc3ncccc23)SC1C. The molecule has 2 nitrogen and oxygen atoms in total. The van der Waals surface area contributed by atoms with Gasteiger partial charge >= 0.3 is 0 Å². The Kier molecular flexibility index (Phi) is 4.24. The summed E-state index contributed by atoms with van der Waals surface area (Å²) in [5.74, 6) is 1.01. The smallest absolute Gasteiger partial charge is 0.0923 e. The lowest BCUT2D eigenvalue weighted by atomic mass is 10.0. The number of rotatable bonds is 2. The second-order valence-electron chi connectivity index (χ2n) is 5.28. The number of aliphatic hydroxyl groups is 1. The van der Waals surface area contributed by atoms with Crippen molar-refractivity contribution >= 4 is 34.4 Å². The number of fused-ring (bicyclic) bond motifs is 1. The number of hydrogen-bond donors (Lipinski definition) is 1. The predicted molar refractivity (Wildman–Crippen MR) is 89.5 cm³/mol. The first-order valence-corrected chi connectivity index (χ1v) is 8.94. The lowest BCUT2D eigenvalue weighted by molar-refractivity contribution is 0.181. The Labute approximate surface area is 128 Å². The van der Waals surface area contributed by atoms with Crippen LogP contribution in [-0.2, 0) is 0 Å². The van der Waals surface area contributed by atoms with Gasteiger partial charge in [0.2, 0.25) is 0 Å². The number of aliphatic hydroxyl groups excluding tert-OH is 1. The van der Waals surface area contributed by atoms with Crippen LogP contribution in [0.2, 0.25) is 0 Å². The largest absolute Gasteiger partial charge is 0.387 e. The van der Waals surface area contributed by atoms with Crippen LogP contribution in [0, 0.1) is 0 Å². The van der Waals surface area contributed by atoms with Crippen LogP contribution in [0.4, 0.5) is 0 Å². The third kappa shape index (κ3) is 2.69. The number of hydrogen-bond acceptors (Lipinski definition) is 4. The Morgan fingerprint density at radius 1 is 1.20 bits per heavy atom. The van der Waals surface area contributed by atoms with Gasteiger partial charge in [-0.2, -0.15) is 23.5 Å². The van der Waals surface area contributed by atoms with E-state index in [-0.39, 0.29) is 5.25 Å². The standard InChI is InChI=1S/C16H19NOS2/c1-10-11(2)20-15(9-19-10)16(18)13-5-3-7-14-12(13)6-4-8-17-14/h3-8,10-11,15-16,18H,9H2,1-2H3. The normalized spacial score (nSPS) is 28.4. The molecule has 0 saturated carbocycles. The third-order valence-electron chi connectivity index (χ3n) is 3.92. The zero-order valence-corrected chi connectivity index (χ0v) is 13.3. The second kappa shape index (κ2) is 5.96. The highest BCUT2D eigenvalue weighted by atomic mass is 32.2. The molecule has 1 aromatic carbocycles. The first-order chi connectivity index (χ1) is 9.66. The van der Waals surface area contributed by atoms with E-state index in [1.165, 1.54) is 0 Å². The van der Waals surface area contributed by atoms with Crippen LogP contribution in [0.1, 0.15) is 25.5 Å². The molecule has 0 bridgehead atoms. The van der Waals surface area contributed by atoms with Gasteiger partial charge in [-0.05, 0) is 17.7 Å². The summed E-state index contributed by atoms with van der Waals surface area (Å²) < 4.78 is 0. The molecule has 4 heteroatoms. The fraction of sp³-hybridized carbons (Fsp3) is 0.438. The maximum Gasteiger partial charge on any atom is 0.0923 e. The molecule has 20 heavy (non-hydrogen) atoms. The summed E-state index contributed by atoms with van der Waals surface area (Å²) in [6.45, 7) is 4.53. The minimum absolute atomic E-state index is 0.261. The van der Waals surface area contributed by atoms with E-state index >= 15 is 0 Å². The molecule has 1 aliphatic heterocycles. The molecule has 1 N–H and O–H groups in total. The Balaban J connectivity index is 1.91. The van der Waals surface area contributed by atoms with E-state index in [0.717, 1.165) is 22.2 Å². The van der Waals surface area contributed by atoms with Gasteiger partial charge in [-0.15, -0.1) is 0 Å². The van der Waals surface area contributed by atoms with Crippen LogP contribution < -0.4 is 0 Å². The molecule has 4 atom stereocenters. The molecule has 0 radical (unpaired) electrons. The van der Waals surface area contributed by atoms with E-state index in [1.54, 1.807) is 6.20 Å².